The number of halogens is 2. The van der Waals surface area contributed by atoms with Gasteiger partial charge in [0.15, 0.2) is 0 Å². The molecule has 0 atom stereocenters. The molecule has 0 unspecified atom stereocenters. The van der Waals surface area contributed by atoms with Gasteiger partial charge in [-0.25, -0.2) is 4.39 Å². The summed E-state index contributed by atoms with van der Waals surface area (Å²) in [5.74, 6) is -0.244. The van der Waals surface area contributed by atoms with Crippen molar-refractivity contribution in [2.45, 2.75) is 6.92 Å². The second-order valence-corrected chi connectivity index (χ2v) is 3.51. The number of nitrogens with zero attached hydrogens (tertiary/aromatic N) is 1. The second-order valence-electron chi connectivity index (χ2n) is 2.75. The van der Waals surface area contributed by atoms with E-state index in [1.165, 1.54) is 12.1 Å². The maximum absolute atomic E-state index is 12.6. The van der Waals surface area contributed by atoms with Gasteiger partial charge in [0.05, 0.1) is 4.43 Å². The lowest BCUT2D eigenvalue weighted by Gasteiger charge is -2.19. The summed E-state index contributed by atoms with van der Waals surface area (Å²) in [7, 11) is 0. The summed E-state index contributed by atoms with van der Waals surface area (Å²) in [6.07, 6.45) is 0. The normalized spacial score (nSPS) is 9.93. The van der Waals surface area contributed by atoms with Crippen molar-refractivity contribution in [1.29, 1.82) is 0 Å². The monoisotopic (exact) mass is 307 g/mol. The number of carbonyl (C=O) groups excluding carboxylic acids is 1. The average Bonchev–Trinajstić information content (AvgIpc) is 2.21. The second kappa shape index (κ2) is 5.29. The summed E-state index contributed by atoms with van der Waals surface area (Å²) < 4.78 is 13.1. The first kappa shape index (κ1) is 11.4. The number of hydrogen-bond acceptors (Lipinski definition) is 1. The Hall–Kier alpha value is -0.650. The molecule has 1 aromatic carbocycles. The van der Waals surface area contributed by atoms with Gasteiger partial charge in [-0.1, -0.05) is 22.6 Å². The smallest absolute Gasteiger partial charge is 0.236 e. The molecule has 0 N–H and O–H groups in total. The third kappa shape index (κ3) is 2.67. The Kier molecular flexibility index (Phi) is 4.31. The maximum Gasteiger partial charge on any atom is 0.236 e. The van der Waals surface area contributed by atoms with Crippen LogP contribution in [0.4, 0.5) is 10.1 Å². The molecule has 0 aromatic heterocycles. The van der Waals surface area contributed by atoms with Crippen LogP contribution in [0.3, 0.4) is 0 Å². The highest BCUT2D eigenvalue weighted by molar-refractivity contribution is 14.1. The van der Waals surface area contributed by atoms with Crippen LogP contribution in [0.2, 0.25) is 0 Å². The molecule has 0 heterocycles. The molecule has 76 valence electrons. The van der Waals surface area contributed by atoms with Crippen LogP contribution < -0.4 is 4.90 Å². The van der Waals surface area contributed by atoms with E-state index in [2.05, 4.69) is 0 Å². The fourth-order valence-corrected chi connectivity index (χ4v) is 1.61. The predicted molar refractivity (Wildman–Crippen MR) is 63.3 cm³/mol. The number of rotatable bonds is 3. The van der Waals surface area contributed by atoms with Crippen molar-refractivity contribution >= 4 is 34.2 Å². The van der Waals surface area contributed by atoms with E-state index in [9.17, 15) is 9.18 Å². The molecule has 0 fully saturated rings. The lowest BCUT2D eigenvalue weighted by Crippen LogP contribution is -2.31. The van der Waals surface area contributed by atoms with E-state index in [1.807, 2.05) is 29.5 Å². The van der Waals surface area contributed by atoms with Gasteiger partial charge in [-0.2, -0.15) is 0 Å². The Labute approximate surface area is 96.2 Å². The molecular formula is C10H11FINO. The highest BCUT2D eigenvalue weighted by atomic mass is 127. The Morgan fingerprint density at radius 3 is 2.43 bits per heavy atom. The SMILES string of the molecule is CCN(C(=O)CI)c1ccc(F)cc1. The number of alkyl halides is 1. The summed E-state index contributed by atoms with van der Waals surface area (Å²) in [4.78, 5) is 13.1. The molecule has 2 nitrogen and oxygen atoms in total. The molecule has 0 radical (unpaired) electrons. The minimum atomic E-state index is -0.285. The third-order valence-corrected chi connectivity index (χ3v) is 2.52. The van der Waals surface area contributed by atoms with Gasteiger partial charge in [-0.3, -0.25) is 4.79 Å². The number of carbonyl (C=O) groups is 1. The standard InChI is InChI=1S/C10H11FINO/c1-2-13(10(14)7-12)9-5-3-8(11)4-6-9/h3-6H,2,7H2,1H3. The summed E-state index contributed by atoms with van der Waals surface area (Å²) in [5.41, 5.74) is 0.746. The molecule has 1 aromatic rings. The molecular weight excluding hydrogens is 296 g/mol. The first-order chi connectivity index (χ1) is 6.69. The van der Waals surface area contributed by atoms with Crippen LogP contribution in [0.15, 0.2) is 24.3 Å². The summed E-state index contributed by atoms with van der Waals surface area (Å²) in [5, 5.41) is 0. The van der Waals surface area contributed by atoms with E-state index >= 15 is 0 Å². The van der Waals surface area contributed by atoms with E-state index in [0.29, 0.717) is 11.0 Å². The summed E-state index contributed by atoms with van der Waals surface area (Å²) in [6, 6.07) is 5.95. The zero-order chi connectivity index (χ0) is 10.6. The van der Waals surface area contributed by atoms with Crippen LogP contribution in [-0.2, 0) is 4.79 Å². The Balaban J connectivity index is 2.89. The molecule has 0 saturated heterocycles. The lowest BCUT2D eigenvalue weighted by atomic mass is 10.3. The van der Waals surface area contributed by atoms with Crippen LogP contribution in [0, 0.1) is 5.82 Å². The Morgan fingerprint density at radius 1 is 1.43 bits per heavy atom. The number of anilines is 1. The van der Waals surface area contributed by atoms with Gasteiger partial charge in [-0.15, -0.1) is 0 Å². The summed E-state index contributed by atoms with van der Waals surface area (Å²) >= 11 is 2.02. The van der Waals surface area contributed by atoms with Crippen LogP contribution in [-0.4, -0.2) is 16.9 Å². The van der Waals surface area contributed by atoms with Crippen molar-refractivity contribution in [1.82, 2.24) is 0 Å². The molecule has 0 bridgehead atoms. The number of hydrogen-bond donors (Lipinski definition) is 0. The zero-order valence-electron chi connectivity index (χ0n) is 7.84. The van der Waals surface area contributed by atoms with Gasteiger partial charge < -0.3 is 4.90 Å². The van der Waals surface area contributed by atoms with Crippen molar-refractivity contribution in [3.63, 3.8) is 0 Å². The molecule has 1 rings (SSSR count). The first-order valence-electron chi connectivity index (χ1n) is 4.31. The summed E-state index contributed by atoms with van der Waals surface area (Å²) in [6.45, 7) is 2.50. The Morgan fingerprint density at radius 2 is 2.00 bits per heavy atom. The molecule has 1 amide bonds. The molecule has 4 heteroatoms. The molecule has 0 saturated carbocycles. The van der Waals surface area contributed by atoms with Gasteiger partial charge in [0.2, 0.25) is 5.91 Å². The van der Waals surface area contributed by atoms with Crippen molar-refractivity contribution in [2.75, 3.05) is 15.9 Å². The van der Waals surface area contributed by atoms with Crippen LogP contribution in [0.1, 0.15) is 6.92 Å². The molecule has 14 heavy (non-hydrogen) atoms. The van der Waals surface area contributed by atoms with Gasteiger partial charge >= 0.3 is 0 Å². The minimum Gasteiger partial charge on any atom is -0.312 e. The molecule has 0 aliphatic heterocycles. The van der Waals surface area contributed by atoms with E-state index in [0.717, 1.165) is 5.69 Å². The van der Waals surface area contributed by atoms with Crippen LogP contribution in [0.5, 0.6) is 0 Å². The molecule has 0 aliphatic carbocycles. The van der Waals surface area contributed by atoms with Crippen LogP contribution >= 0.6 is 22.6 Å². The van der Waals surface area contributed by atoms with Gasteiger partial charge in [0.25, 0.3) is 0 Å². The number of benzene rings is 1. The predicted octanol–water partition coefficient (Wildman–Crippen LogP) is 2.61. The van der Waals surface area contributed by atoms with Gasteiger partial charge in [0, 0.05) is 12.2 Å². The van der Waals surface area contributed by atoms with E-state index in [1.54, 1.807) is 17.0 Å². The van der Waals surface area contributed by atoms with E-state index in [-0.39, 0.29) is 11.7 Å². The van der Waals surface area contributed by atoms with Gasteiger partial charge in [0.1, 0.15) is 5.82 Å². The van der Waals surface area contributed by atoms with Crippen molar-refractivity contribution in [3.05, 3.63) is 30.1 Å². The van der Waals surface area contributed by atoms with Crippen LogP contribution in [0.25, 0.3) is 0 Å². The lowest BCUT2D eigenvalue weighted by molar-refractivity contribution is -0.115. The van der Waals surface area contributed by atoms with Crippen molar-refractivity contribution in [3.8, 4) is 0 Å². The fraction of sp³-hybridized carbons (Fsp3) is 0.300. The van der Waals surface area contributed by atoms with Crippen molar-refractivity contribution < 1.29 is 9.18 Å². The first-order valence-corrected chi connectivity index (χ1v) is 5.83. The fourth-order valence-electron chi connectivity index (χ4n) is 1.20. The van der Waals surface area contributed by atoms with E-state index in [4.69, 9.17) is 0 Å². The average molecular weight is 307 g/mol. The highest BCUT2D eigenvalue weighted by Crippen LogP contribution is 2.15. The molecule has 0 spiro atoms. The van der Waals surface area contributed by atoms with Crippen molar-refractivity contribution in [2.24, 2.45) is 0 Å². The topological polar surface area (TPSA) is 20.3 Å². The molecule has 0 aliphatic rings. The number of amides is 1. The van der Waals surface area contributed by atoms with Gasteiger partial charge in [-0.05, 0) is 31.2 Å². The third-order valence-electron chi connectivity index (χ3n) is 1.87. The largest absolute Gasteiger partial charge is 0.312 e. The minimum absolute atomic E-state index is 0.0414. The quantitative estimate of drug-likeness (QED) is 0.621. The zero-order valence-corrected chi connectivity index (χ0v) is 9.99. The Bertz CT molecular complexity index is 312. The van der Waals surface area contributed by atoms with E-state index < -0.39 is 0 Å². The highest BCUT2D eigenvalue weighted by Gasteiger charge is 2.11. The maximum atomic E-state index is 12.6.